The average Bonchev–Trinajstić information content (AvgIpc) is 3.00. The van der Waals surface area contributed by atoms with Crippen LogP contribution in [0, 0.1) is 0 Å². The van der Waals surface area contributed by atoms with Gasteiger partial charge in [-0.15, -0.1) is 0 Å². The first kappa shape index (κ1) is 28.5. The highest BCUT2D eigenvalue weighted by Gasteiger charge is 2.10. The van der Waals surface area contributed by atoms with E-state index in [0.29, 0.717) is 25.1 Å². The van der Waals surface area contributed by atoms with Crippen molar-refractivity contribution in [3.8, 4) is 33.8 Å². The summed E-state index contributed by atoms with van der Waals surface area (Å²) in [6.45, 7) is 0.341. The summed E-state index contributed by atoms with van der Waals surface area (Å²) in [4.78, 5) is 17.4. The van der Waals surface area contributed by atoms with Crippen LogP contribution < -0.4 is 5.73 Å². The Morgan fingerprint density at radius 3 is 1.07 bits per heavy atom. The highest BCUT2D eigenvalue weighted by molar-refractivity contribution is 5.67. The molecule has 5 rings (SSSR count). The van der Waals surface area contributed by atoms with Gasteiger partial charge in [-0.05, 0) is 36.0 Å². The van der Waals surface area contributed by atoms with Gasteiger partial charge in [0.15, 0.2) is 0 Å². The third-order valence-corrected chi connectivity index (χ3v) is 6.35. The average molecular weight is 536 g/mol. The molecule has 8 nitrogen and oxygen atoms in total. The number of nitrogens with two attached hydrogens (primary N) is 1. The Labute approximate surface area is 233 Å². The number of hydrogen-bond acceptors (Lipinski definition) is 8. The van der Waals surface area contributed by atoms with Gasteiger partial charge in [0.2, 0.25) is 0 Å². The topological polar surface area (TPSA) is 138 Å². The van der Waals surface area contributed by atoms with Gasteiger partial charge in [-0.3, -0.25) is 15.0 Å². The van der Waals surface area contributed by atoms with Crippen molar-refractivity contribution in [3.05, 3.63) is 114 Å². The molecule has 0 aliphatic heterocycles. The van der Waals surface area contributed by atoms with E-state index < -0.39 is 0 Å². The SMILES string of the molecule is Nc1cnc(-c2ccccc2CCO)cn1.OCCc1ccccc1-c1cnc(-c2ccccc2CCO)cn1. The van der Waals surface area contributed by atoms with Crippen LogP contribution in [0.3, 0.4) is 0 Å². The van der Waals surface area contributed by atoms with Crippen LogP contribution in [0.25, 0.3) is 33.8 Å². The number of nitrogens with zero attached hydrogens (tertiary/aromatic N) is 4. The van der Waals surface area contributed by atoms with Gasteiger partial charge >= 0.3 is 0 Å². The third-order valence-electron chi connectivity index (χ3n) is 6.35. The predicted octanol–water partition coefficient (Wildman–Crippen LogP) is 4.14. The van der Waals surface area contributed by atoms with Crippen molar-refractivity contribution in [1.29, 1.82) is 0 Å². The summed E-state index contributed by atoms with van der Waals surface area (Å²) < 4.78 is 0. The molecule has 0 saturated heterocycles. The van der Waals surface area contributed by atoms with Crippen LogP contribution >= 0.6 is 0 Å². The summed E-state index contributed by atoms with van der Waals surface area (Å²) in [5, 5.41) is 27.4. The highest BCUT2D eigenvalue weighted by Crippen LogP contribution is 2.26. The first-order chi connectivity index (χ1) is 19.6. The molecule has 204 valence electrons. The summed E-state index contributed by atoms with van der Waals surface area (Å²) >= 11 is 0. The second kappa shape index (κ2) is 14.6. The van der Waals surface area contributed by atoms with E-state index in [2.05, 4.69) is 19.9 Å². The lowest BCUT2D eigenvalue weighted by Crippen LogP contribution is -1.98. The number of aliphatic hydroxyl groups excluding tert-OH is 3. The van der Waals surface area contributed by atoms with Crippen molar-refractivity contribution >= 4 is 5.82 Å². The van der Waals surface area contributed by atoms with Gasteiger partial charge in [0.25, 0.3) is 0 Å². The van der Waals surface area contributed by atoms with Crippen molar-refractivity contribution in [2.24, 2.45) is 0 Å². The second-order valence-corrected chi connectivity index (χ2v) is 9.01. The second-order valence-electron chi connectivity index (χ2n) is 9.01. The van der Waals surface area contributed by atoms with Gasteiger partial charge in [0, 0.05) is 36.5 Å². The van der Waals surface area contributed by atoms with Crippen LogP contribution in [0.5, 0.6) is 0 Å². The van der Waals surface area contributed by atoms with Gasteiger partial charge in [-0.25, -0.2) is 4.98 Å². The Morgan fingerprint density at radius 1 is 0.450 bits per heavy atom. The molecule has 2 heterocycles. The van der Waals surface area contributed by atoms with E-state index in [1.54, 1.807) is 18.6 Å². The molecular formula is C32H33N5O3. The minimum Gasteiger partial charge on any atom is -0.396 e. The molecule has 0 fully saturated rings. The van der Waals surface area contributed by atoms with Crippen molar-refractivity contribution in [1.82, 2.24) is 19.9 Å². The normalized spacial score (nSPS) is 10.6. The van der Waals surface area contributed by atoms with Crippen LogP contribution in [0.2, 0.25) is 0 Å². The van der Waals surface area contributed by atoms with E-state index in [-0.39, 0.29) is 19.8 Å². The standard InChI is InChI=1S/C20H20N2O2.C12H13N3O/c23-11-9-15-5-1-3-7-17(15)19-13-22-20(14-21-19)18-8-4-2-6-16(18)10-12-24;13-12-8-14-11(7-15-12)10-4-2-1-3-9(10)5-6-16/h1-8,13-14,23-24H,9-12H2;1-4,7-8,16H,5-6H2,(H2,13,15). The van der Waals surface area contributed by atoms with E-state index >= 15 is 0 Å². The molecule has 0 unspecified atom stereocenters. The van der Waals surface area contributed by atoms with Gasteiger partial charge in [0.05, 0.1) is 41.9 Å². The molecule has 2 aromatic heterocycles. The number of anilines is 1. The zero-order chi connectivity index (χ0) is 28.2. The summed E-state index contributed by atoms with van der Waals surface area (Å²) in [5.74, 6) is 0.406. The lowest BCUT2D eigenvalue weighted by molar-refractivity contribution is 0.299. The molecule has 3 aromatic carbocycles. The Balaban J connectivity index is 0.000000201. The quantitative estimate of drug-likeness (QED) is 0.221. The molecule has 5 N–H and O–H groups in total. The van der Waals surface area contributed by atoms with Crippen molar-refractivity contribution < 1.29 is 15.3 Å². The van der Waals surface area contributed by atoms with E-state index in [1.807, 2.05) is 72.8 Å². The molecule has 5 aromatic rings. The molecule has 8 heteroatoms. The Hall–Kier alpha value is -4.50. The summed E-state index contributed by atoms with van der Waals surface area (Å²) in [7, 11) is 0. The molecule has 0 aliphatic carbocycles. The molecule has 0 spiro atoms. The van der Waals surface area contributed by atoms with E-state index in [4.69, 9.17) is 10.8 Å². The van der Waals surface area contributed by atoms with Crippen LogP contribution in [-0.2, 0) is 19.3 Å². The summed E-state index contributed by atoms with van der Waals surface area (Å²) in [5.41, 5.74) is 14.0. The fourth-order valence-electron chi connectivity index (χ4n) is 4.41. The molecule has 0 saturated carbocycles. The van der Waals surface area contributed by atoms with Crippen LogP contribution in [0.1, 0.15) is 16.7 Å². The van der Waals surface area contributed by atoms with Gasteiger partial charge in [-0.2, -0.15) is 0 Å². The molecule has 0 bridgehead atoms. The molecular weight excluding hydrogens is 502 g/mol. The van der Waals surface area contributed by atoms with E-state index in [0.717, 1.165) is 50.5 Å². The van der Waals surface area contributed by atoms with Crippen LogP contribution in [-0.4, -0.2) is 55.1 Å². The minimum absolute atomic E-state index is 0.108. The Bertz CT molecular complexity index is 1420. The summed E-state index contributed by atoms with van der Waals surface area (Å²) in [6.07, 6.45) is 8.51. The van der Waals surface area contributed by atoms with Gasteiger partial charge in [-0.1, -0.05) is 72.8 Å². The van der Waals surface area contributed by atoms with Crippen LogP contribution in [0.15, 0.2) is 97.6 Å². The molecule has 0 aliphatic rings. The maximum Gasteiger partial charge on any atom is 0.141 e. The predicted molar refractivity (Wildman–Crippen MR) is 157 cm³/mol. The maximum atomic E-state index is 9.21. The fraction of sp³-hybridized carbons (Fsp3) is 0.188. The number of rotatable bonds is 9. The lowest BCUT2D eigenvalue weighted by Gasteiger charge is -2.10. The van der Waals surface area contributed by atoms with Crippen molar-refractivity contribution in [2.45, 2.75) is 19.3 Å². The monoisotopic (exact) mass is 535 g/mol. The number of hydrogen-bond donors (Lipinski definition) is 4. The smallest absolute Gasteiger partial charge is 0.141 e. The minimum atomic E-state index is 0.108. The number of aromatic nitrogens is 4. The maximum absolute atomic E-state index is 9.21. The van der Waals surface area contributed by atoms with Crippen molar-refractivity contribution in [2.75, 3.05) is 25.6 Å². The number of nitrogen functional groups attached to an aromatic ring is 1. The first-order valence-electron chi connectivity index (χ1n) is 13.1. The fourth-order valence-corrected chi connectivity index (χ4v) is 4.41. The van der Waals surface area contributed by atoms with E-state index in [9.17, 15) is 10.2 Å². The van der Waals surface area contributed by atoms with Crippen molar-refractivity contribution in [3.63, 3.8) is 0 Å². The molecule has 0 amide bonds. The highest BCUT2D eigenvalue weighted by atomic mass is 16.3. The van der Waals surface area contributed by atoms with Gasteiger partial charge in [0.1, 0.15) is 5.82 Å². The first-order valence-corrected chi connectivity index (χ1v) is 13.1. The van der Waals surface area contributed by atoms with E-state index in [1.165, 1.54) is 6.20 Å². The molecule has 0 radical (unpaired) electrons. The van der Waals surface area contributed by atoms with Gasteiger partial charge < -0.3 is 21.1 Å². The zero-order valence-electron chi connectivity index (χ0n) is 22.2. The lowest BCUT2D eigenvalue weighted by atomic mass is 10.0. The Kier molecular flexibility index (Phi) is 10.4. The largest absolute Gasteiger partial charge is 0.396 e. The third kappa shape index (κ3) is 7.33. The molecule has 0 atom stereocenters. The number of aliphatic hydroxyl groups is 3. The summed E-state index contributed by atoms with van der Waals surface area (Å²) in [6, 6.07) is 23.6. The Morgan fingerprint density at radius 2 is 0.775 bits per heavy atom. The van der Waals surface area contributed by atoms with Crippen LogP contribution in [0.4, 0.5) is 5.82 Å². The zero-order valence-corrected chi connectivity index (χ0v) is 22.2. The molecule has 40 heavy (non-hydrogen) atoms. The number of benzene rings is 3.